The number of carbonyl (C=O) groups excluding carboxylic acids is 1. The lowest BCUT2D eigenvalue weighted by molar-refractivity contribution is -0.150. The molecule has 1 fully saturated rings. The molecule has 0 aliphatic carbocycles. The van der Waals surface area contributed by atoms with E-state index in [0.29, 0.717) is 5.39 Å². The maximum atomic E-state index is 13.2. The van der Waals surface area contributed by atoms with Crippen molar-refractivity contribution in [2.45, 2.75) is 54.7 Å². The van der Waals surface area contributed by atoms with E-state index in [1.54, 1.807) is 6.07 Å². The number of halogens is 5. The number of alkyl halides is 5. The van der Waals surface area contributed by atoms with Crippen molar-refractivity contribution < 1.29 is 45.0 Å². The number of nitrogens with zero attached hydrogens (tertiary/aromatic N) is 3. The van der Waals surface area contributed by atoms with Gasteiger partial charge in [-0.15, -0.1) is 0 Å². The Balaban J connectivity index is 1.54. The molecule has 1 aliphatic rings. The van der Waals surface area contributed by atoms with Crippen LogP contribution in [0.4, 0.5) is 22.0 Å². The summed E-state index contributed by atoms with van der Waals surface area (Å²) in [7, 11) is -4.00. The molecule has 39 heavy (non-hydrogen) atoms. The van der Waals surface area contributed by atoms with Gasteiger partial charge in [-0.3, -0.25) is 4.79 Å². The zero-order chi connectivity index (χ0) is 28.4. The summed E-state index contributed by atoms with van der Waals surface area (Å²) in [4.78, 5) is 22.1. The van der Waals surface area contributed by atoms with E-state index < -0.39 is 58.5 Å². The third-order valence-electron chi connectivity index (χ3n) is 6.54. The first-order valence-electron chi connectivity index (χ1n) is 11.8. The molecular weight excluding hydrogens is 549 g/mol. The maximum Gasteiger partial charge on any atom is 0.389 e. The lowest BCUT2D eigenvalue weighted by atomic mass is 9.86. The van der Waals surface area contributed by atoms with Gasteiger partial charge in [-0.05, 0) is 43.0 Å². The Labute approximate surface area is 220 Å². The molecule has 0 atom stereocenters. The van der Waals surface area contributed by atoms with Crippen molar-refractivity contribution in [1.29, 1.82) is 0 Å². The van der Waals surface area contributed by atoms with E-state index in [1.165, 1.54) is 41.7 Å². The number of rotatable bonds is 8. The predicted octanol–water partition coefficient (Wildman–Crippen LogP) is 4.51. The van der Waals surface area contributed by atoms with Crippen molar-refractivity contribution in [3.8, 4) is 5.75 Å². The van der Waals surface area contributed by atoms with Crippen LogP contribution in [0, 0.1) is 0 Å². The van der Waals surface area contributed by atoms with Gasteiger partial charge in [-0.1, -0.05) is 18.2 Å². The molecule has 14 heteroatoms. The quantitative estimate of drug-likeness (QED) is 0.395. The highest BCUT2D eigenvalue weighted by molar-refractivity contribution is 7.90. The van der Waals surface area contributed by atoms with Gasteiger partial charge in [0.05, 0.1) is 27.3 Å². The topological polar surface area (TPSA) is 110 Å². The average Bonchev–Trinajstić information content (AvgIpc) is 2.86. The molecule has 0 spiro atoms. The van der Waals surface area contributed by atoms with Crippen molar-refractivity contribution >= 4 is 26.6 Å². The van der Waals surface area contributed by atoms with Crippen molar-refractivity contribution in [2.75, 3.05) is 13.1 Å². The maximum absolute atomic E-state index is 13.2. The van der Waals surface area contributed by atoms with E-state index in [-0.39, 0.29) is 47.5 Å². The van der Waals surface area contributed by atoms with Crippen LogP contribution in [0.3, 0.4) is 0 Å². The van der Waals surface area contributed by atoms with E-state index in [4.69, 9.17) is 0 Å². The standard InChI is InChI=1S/C25H24F5N3O5S/c26-23(27)38-19-12-16(14-39(36,37)20-3-1-2-17-13-31-15-32-21(17)20)4-5-18(19)22(34)33-10-8-24(35,9-11-33)6-7-25(28,29)30/h1-5,12-13,15,23,35H,6-11,14H2. The van der Waals surface area contributed by atoms with Gasteiger partial charge in [0, 0.05) is 31.1 Å². The van der Waals surface area contributed by atoms with Crippen LogP contribution in [0.1, 0.15) is 41.6 Å². The summed E-state index contributed by atoms with van der Waals surface area (Å²) in [5, 5.41) is 10.9. The Kier molecular flexibility index (Phi) is 8.07. The number of aliphatic hydroxyl groups is 1. The Morgan fingerprint density at radius 3 is 2.54 bits per heavy atom. The lowest BCUT2D eigenvalue weighted by Crippen LogP contribution is -2.47. The first-order chi connectivity index (χ1) is 18.3. The van der Waals surface area contributed by atoms with Crippen LogP contribution in [-0.2, 0) is 15.6 Å². The second kappa shape index (κ2) is 11.0. The van der Waals surface area contributed by atoms with E-state index in [0.717, 1.165) is 6.07 Å². The first kappa shape index (κ1) is 28.6. The lowest BCUT2D eigenvalue weighted by Gasteiger charge is -2.38. The molecule has 8 nitrogen and oxygen atoms in total. The number of carbonyl (C=O) groups is 1. The molecule has 210 valence electrons. The molecule has 0 bridgehead atoms. The van der Waals surface area contributed by atoms with Crippen molar-refractivity contribution in [1.82, 2.24) is 14.9 Å². The number of piperidine rings is 1. The monoisotopic (exact) mass is 573 g/mol. The Bertz CT molecular complexity index is 1450. The number of hydrogen-bond acceptors (Lipinski definition) is 7. The van der Waals surface area contributed by atoms with E-state index in [9.17, 15) is 40.3 Å². The summed E-state index contributed by atoms with van der Waals surface area (Å²) >= 11 is 0. The number of aromatic nitrogens is 2. The highest BCUT2D eigenvalue weighted by Gasteiger charge is 2.38. The molecular formula is C25H24F5N3O5S. The largest absolute Gasteiger partial charge is 0.434 e. The molecule has 0 unspecified atom stereocenters. The molecule has 1 N–H and O–H groups in total. The number of amides is 1. The normalized spacial score (nSPS) is 16.0. The Morgan fingerprint density at radius 1 is 1.15 bits per heavy atom. The highest BCUT2D eigenvalue weighted by atomic mass is 32.2. The molecule has 4 rings (SSSR count). The molecule has 2 aromatic carbocycles. The number of benzene rings is 2. The first-order valence-corrected chi connectivity index (χ1v) is 13.5. The Morgan fingerprint density at radius 2 is 1.87 bits per heavy atom. The minimum Gasteiger partial charge on any atom is -0.434 e. The van der Waals surface area contributed by atoms with E-state index in [2.05, 4.69) is 14.7 Å². The van der Waals surface area contributed by atoms with Gasteiger partial charge in [0.15, 0.2) is 9.84 Å². The number of ether oxygens (including phenoxy) is 1. The second-order valence-corrected chi connectivity index (χ2v) is 11.3. The fourth-order valence-corrected chi connectivity index (χ4v) is 6.01. The van der Waals surface area contributed by atoms with Crippen LogP contribution in [0.15, 0.2) is 53.8 Å². The van der Waals surface area contributed by atoms with Gasteiger partial charge in [0.25, 0.3) is 5.91 Å². The molecule has 0 radical (unpaired) electrons. The fourth-order valence-electron chi connectivity index (χ4n) is 4.48. The van der Waals surface area contributed by atoms with Crippen molar-refractivity contribution in [2.24, 2.45) is 0 Å². The van der Waals surface area contributed by atoms with Crippen molar-refractivity contribution in [3.63, 3.8) is 0 Å². The molecule has 1 saturated heterocycles. The van der Waals surface area contributed by atoms with Gasteiger partial charge in [0.2, 0.25) is 0 Å². The van der Waals surface area contributed by atoms with Gasteiger partial charge < -0.3 is 14.7 Å². The molecule has 2 heterocycles. The predicted molar refractivity (Wildman–Crippen MR) is 129 cm³/mol. The third-order valence-corrected chi connectivity index (χ3v) is 8.25. The summed E-state index contributed by atoms with van der Waals surface area (Å²) in [5.41, 5.74) is -1.59. The van der Waals surface area contributed by atoms with E-state index >= 15 is 0 Å². The van der Waals surface area contributed by atoms with Crippen LogP contribution in [0.2, 0.25) is 0 Å². The van der Waals surface area contributed by atoms with E-state index in [1.807, 2.05) is 0 Å². The SMILES string of the molecule is O=C(c1ccc(CS(=O)(=O)c2cccc3cncnc23)cc1OC(F)F)N1CCC(O)(CCC(F)(F)F)CC1. The average molecular weight is 574 g/mol. The molecule has 1 aliphatic heterocycles. The number of para-hydroxylation sites is 1. The van der Waals surface area contributed by atoms with Gasteiger partial charge in [0.1, 0.15) is 12.1 Å². The second-order valence-electron chi connectivity index (χ2n) is 9.32. The van der Waals surface area contributed by atoms with Crippen molar-refractivity contribution in [3.05, 3.63) is 60.0 Å². The fraction of sp³-hybridized carbons (Fsp3) is 0.400. The van der Waals surface area contributed by atoms with Gasteiger partial charge in [-0.2, -0.15) is 22.0 Å². The van der Waals surface area contributed by atoms with Gasteiger partial charge in [-0.25, -0.2) is 18.4 Å². The smallest absolute Gasteiger partial charge is 0.389 e. The number of sulfone groups is 1. The summed E-state index contributed by atoms with van der Waals surface area (Å²) in [6.07, 6.45) is -3.69. The number of hydrogen-bond donors (Lipinski definition) is 1. The van der Waals surface area contributed by atoms with Crippen LogP contribution in [0.5, 0.6) is 5.75 Å². The summed E-state index contributed by atoms with van der Waals surface area (Å²) < 4.78 is 95.0. The summed E-state index contributed by atoms with van der Waals surface area (Å²) in [6, 6.07) is 8.04. The molecule has 1 aromatic heterocycles. The number of likely N-dealkylation sites (tertiary alicyclic amines) is 1. The highest BCUT2D eigenvalue weighted by Crippen LogP contribution is 2.34. The zero-order valence-corrected chi connectivity index (χ0v) is 21.2. The minimum atomic E-state index is -4.43. The van der Waals surface area contributed by atoms with Crippen LogP contribution < -0.4 is 4.74 Å². The van der Waals surface area contributed by atoms with Crippen LogP contribution in [-0.4, -0.2) is 65.8 Å². The Hall–Kier alpha value is -3.39. The summed E-state index contributed by atoms with van der Waals surface area (Å²) in [5.74, 6) is -1.87. The van der Waals surface area contributed by atoms with Crippen LogP contribution in [0.25, 0.3) is 10.9 Å². The van der Waals surface area contributed by atoms with Gasteiger partial charge >= 0.3 is 12.8 Å². The van der Waals surface area contributed by atoms with Crippen LogP contribution >= 0.6 is 0 Å². The summed E-state index contributed by atoms with van der Waals surface area (Å²) in [6.45, 7) is -3.51. The number of fused-ring (bicyclic) bond motifs is 1. The minimum absolute atomic E-state index is 0.0772. The molecule has 3 aromatic rings. The zero-order valence-electron chi connectivity index (χ0n) is 20.4. The third kappa shape index (κ3) is 6.98. The molecule has 0 saturated carbocycles. The molecule has 1 amide bonds.